The quantitative estimate of drug-likeness (QED) is 0.677. The summed E-state index contributed by atoms with van der Waals surface area (Å²) in [5, 5.41) is 0. The zero-order valence-corrected chi connectivity index (χ0v) is 9.49. The summed E-state index contributed by atoms with van der Waals surface area (Å²) in [6.45, 7) is 5.10. The molecule has 15 heavy (non-hydrogen) atoms. The summed E-state index contributed by atoms with van der Waals surface area (Å²) in [5.74, 6) is 0. The molecule has 1 unspecified atom stereocenters. The zero-order valence-electron chi connectivity index (χ0n) is 9.49. The van der Waals surface area contributed by atoms with Gasteiger partial charge in [0, 0.05) is 0 Å². The highest BCUT2D eigenvalue weighted by Crippen LogP contribution is 2.32. The number of benzene rings is 1. The summed E-state index contributed by atoms with van der Waals surface area (Å²) in [7, 11) is 0. The molecule has 0 saturated carbocycles. The van der Waals surface area contributed by atoms with Crippen molar-refractivity contribution in [3.8, 4) is 0 Å². The SMILES string of the molecule is CCCC1=CCOC1c1ccc(C)cc1. The number of aryl methyl sites for hydroxylation is 1. The van der Waals surface area contributed by atoms with Crippen LogP contribution in [0.15, 0.2) is 35.9 Å². The molecule has 80 valence electrons. The van der Waals surface area contributed by atoms with Crippen molar-refractivity contribution in [2.45, 2.75) is 32.8 Å². The molecule has 1 atom stereocenters. The van der Waals surface area contributed by atoms with Crippen molar-refractivity contribution in [3.63, 3.8) is 0 Å². The molecule has 0 saturated heterocycles. The van der Waals surface area contributed by atoms with Gasteiger partial charge in [-0.2, -0.15) is 0 Å². The maximum absolute atomic E-state index is 5.75. The van der Waals surface area contributed by atoms with Crippen LogP contribution in [0.25, 0.3) is 0 Å². The lowest BCUT2D eigenvalue weighted by Gasteiger charge is -2.14. The molecule has 0 N–H and O–H groups in total. The molecular formula is C14H18O. The molecule has 1 aromatic carbocycles. The number of hydrogen-bond acceptors (Lipinski definition) is 1. The van der Waals surface area contributed by atoms with E-state index in [1.165, 1.54) is 23.1 Å². The highest BCUT2D eigenvalue weighted by atomic mass is 16.5. The summed E-state index contributed by atoms with van der Waals surface area (Å²) in [6.07, 6.45) is 4.79. The third kappa shape index (κ3) is 2.29. The average molecular weight is 202 g/mol. The van der Waals surface area contributed by atoms with Gasteiger partial charge in [0.2, 0.25) is 0 Å². The Bertz CT molecular complexity index is 348. The van der Waals surface area contributed by atoms with Gasteiger partial charge in [0.15, 0.2) is 0 Å². The van der Waals surface area contributed by atoms with E-state index < -0.39 is 0 Å². The third-order valence-corrected chi connectivity index (χ3v) is 2.86. The first-order valence-electron chi connectivity index (χ1n) is 5.68. The zero-order chi connectivity index (χ0) is 10.7. The molecule has 0 radical (unpaired) electrons. The van der Waals surface area contributed by atoms with Crippen LogP contribution in [0.4, 0.5) is 0 Å². The second-order valence-corrected chi connectivity index (χ2v) is 4.15. The van der Waals surface area contributed by atoms with E-state index in [1.54, 1.807) is 0 Å². The standard InChI is InChI=1S/C14H18O/c1-3-4-12-9-10-15-14(12)13-7-5-11(2)6-8-13/h5-9,14H,3-4,10H2,1-2H3. The maximum Gasteiger partial charge on any atom is 0.104 e. The summed E-state index contributed by atoms with van der Waals surface area (Å²) < 4.78 is 5.75. The predicted molar refractivity (Wildman–Crippen MR) is 62.9 cm³/mol. The number of hydrogen-bond donors (Lipinski definition) is 0. The van der Waals surface area contributed by atoms with Crippen molar-refractivity contribution in [3.05, 3.63) is 47.0 Å². The third-order valence-electron chi connectivity index (χ3n) is 2.86. The number of ether oxygens (including phenoxy) is 1. The first-order valence-corrected chi connectivity index (χ1v) is 5.68. The first kappa shape index (κ1) is 10.4. The van der Waals surface area contributed by atoms with Crippen LogP contribution in [0.5, 0.6) is 0 Å². The minimum atomic E-state index is 0.213. The van der Waals surface area contributed by atoms with E-state index in [2.05, 4.69) is 44.2 Å². The fraction of sp³-hybridized carbons (Fsp3) is 0.429. The Morgan fingerprint density at radius 3 is 2.67 bits per heavy atom. The lowest BCUT2D eigenvalue weighted by molar-refractivity contribution is 0.121. The van der Waals surface area contributed by atoms with Crippen LogP contribution in [-0.2, 0) is 4.74 Å². The molecule has 1 aromatic rings. The van der Waals surface area contributed by atoms with Crippen LogP contribution < -0.4 is 0 Å². The van der Waals surface area contributed by atoms with Gasteiger partial charge < -0.3 is 4.74 Å². The van der Waals surface area contributed by atoms with E-state index in [-0.39, 0.29) is 6.10 Å². The van der Waals surface area contributed by atoms with Gasteiger partial charge in [-0.3, -0.25) is 0 Å². The highest BCUT2D eigenvalue weighted by Gasteiger charge is 2.20. The lowest BCUT2D eigenvalue weighted by Crippen LogP contribution is -2.01. The van der Waals surface area contributed by atoms with Crippen molar-refractivity contribution in [1.82, 2.24) is 0 Å². The van der Waals surface area contributed by atoms with Gasteiger partial charge in [-0.05, 0) is 24.5 Å². The van der Waals surface area contributed by atoms with Gasteiger partial charge in [0.1, 0.15) is 6.10 Å². The van der Waals surface area contributed by atoms with Crippen molar-refractivity contribution >= 4 is 0 Å². The van der Waals surface area contributed by atoms with E-state index in [1.807, 2.05) is 0 Å². The molecule has 1 heterocycles. The van der Waals surface area contributed by atoms with Crippen LogP contribution in [0.3, 0.4) is 0 Å². The molecule has 1 aliphatic heterocycles. The average Bonchev–Trinajstić information content (AvgIpc) is 2.68. The molecule has 0 spiro atoms. The summed E-state index contributed by atoms with van der Waals surface area (Å²) >= 11 is 0. The van der Waals surface area contributed by atoms with Crippen LogP contribution >= 0.6 is 0 Å². The van der Waals surface area contributed by atoms with E-state index in [0.29, 0.717) is 0 Å². The summed E-state index contributed by atoms with van der Waals surface area (Å²) in [5.41, 5.74) is 4.04. The maximum atomic E-state index is 5.75. The minimum Gasteiger partial charge on any atom is -0.365 e. The van der Waals surface area contributed by atoms with Gasteiger partial charge >= 0.3 is 0 Å². The largest absolute Gasteiger partial charge is 0.365 e. The predicted octanol–water partition coefficient (Wildman–Crippen LogP) is 3.79. The Hall–Kier alpha value is -1.08. The monoisotopic (exact) mass is 202 g/mol. The molecular weight excluding hydrogens is 184 g/mol. The Labute approximate surface area is 91.8 Å². The van der Waals surface area contributed by atoms with Gasteiger partial charge in [0.05, 0.1) is 6.61 Å². The van der Waals surface area contributed by atoms with Gasteiger partial charge in [-0.25, -0.2) is 0 Å². The smallest absolute Gasteiger partial charge is 0.104 e. The second-order valence-electron chi connectivity index (χ2n) is 4.15. The molecule has 0 aromatic heterocycles. The van der Waals surface area contributed by atoms with Crippen LogP contribution in [-0.4, -0.2) is 6.61 Å². The van der Waals surface area contributed by atoms with Crippen molar-refractivity contribution in [2.75, 3.05) is 6.61 Å². The van der Waals surface area contributed by atoms with Gasteiger partial charge in [0.25, 0.3) is 0 Å². The molecule has 0 bridgehead atoms. The fourth-order valence-corrected chi connectivity index (χ4v) is 2.04. The fourth-order valence-electron chi connectivity index (χ4n) is 2.04. The Balaban J connectivity index is 2.17. The summed E-state index contributed by atoms with van der Waals surface area (Å²) in [4.78, 5) is 0. The van der Waals surface area contributed by atoms with E-state index in [4.69, 9.17) is 4.74 Å². The topological polar surface area (TPSA) is 9.23 Å². The first-order chi connectivity index (χ1) is 7.31. The molecule has 2 rings (SSSR count). The molecule has 1 aliphatic rings. The second kappa shape index (κ2) is 4.63. The Morgan fingerprint density at radius 2 is 2.00 bits per heavy atom. The van der Waals surface area contributed by atoms with Crippen LogP contribution in [0.1, 0.15) is 37.0 Å². The van der Waals surface area contributed by atoms with Crippen molar-refractivity contribution in [1.29, 1.82) is 0 Å². The normalized spacial score (nSPS) is 20.4. The van der Waals surface area contributed by atoms with E-state index >= 15 is 0 Å². The van der Waals surface area contributed by atoms with Crippen molar-refractivity contribution in [2.24, 2.45) is 0 Å². The summed E-state index contributed by atoms with van der Waals surface area (Å²) in [6, 6.07) is 8.66. The van der Waals surface area contributed by atoms with Gasteiger partial charge in [-0.15, -0.1) is 0 Å². The van der Waals surface area contributed by atoms with Crippen LogP contribution in [0, 0.1) is 6.92 Å². The number of rotatable bonds is 3. The molecule has 0 fully saturated rings. The minimum absolute atomic E-state index is 0.213. The van der Waals surface area contributed by atoms with E-state index in [0.717, 1.165) is 13.0 Å². The van der Waals surface area contributed by atoms with Crippen LogP contribution in [0.2, 0.25) is 0 Å². The molecule has 1 nitrogen and oxygen atoms in total. The lowest BCUT2D eigenvalue weighted by atomic mass is 9.98. The molecule has 1 heteroatoms. The van der Waals surface area contributed by atoms with Gasteiger partial charge in [-0.1, -0.05) is 49.2 Å². The molecule has 0 aliphatic carbocycles. The Morgan fingerprint density at radius 1 is 1.27 bits per heavy atom. The van der Waals surface area contributed by atoms with E-state index in [9.17, 15) is 0 Å². The Kier molecular flexibility index (Phi) is 3.22. The van der Waals surface area contributed by atoms with Crippen molar-refractivity contribution < 1.29 is 4.74 Å². The highest BCUT2D eigenvalue weighted by molar-refractivity contribution is 5.30. The molecule has 0 amide bonds.